The molecule has 1 aromatic carbocycles. The Morgan fingerprint density at radius 2 is 2.12 bits per heavy atom. The molecule has 2 aliphatic rings. The number of piperidine rings is 1. The summed E-state index contributed by atoms with van der Waals surface area (Å²) in [4.78, 5) is 16.8. The number of hydrogen-bond donors (Lipinski definition) is 1. The van der Waals surface area contributed by atoms with Crippen LogP contribution in [0.1, 0.15) is 43.7 Å². The maximum Gasteiger partial charge on any atom is 0.336 e. The molecule has 0 radical (unpaired) electrons. The van der Waals surface area contributed by atoms with Crippen LogP contribution in [0.2, 0.25) is 0 Å². The molecule has 2 atom stereocenters. The lowest BCUT2D eigenvalue weighted by atomic mass is 9.75. The highest BCUT2D eigenvalue weighted by Crippen LogP contribution is 2.43. The summed E-state index contributed by atoms with van der Waals surface area (Å²) in [5, 5.41) is 1.36. The average Bonchev–Trinajstić information content (AvgIpc) is 2.96. The Balaban J connectivity index is 1.74. The maximum absolute atomic E-state index is 12.5. The summed E-state index contributed by atoms with van der Waals surface area (Å²) in [7, 11) is 2.25. The fourth-order valence-corrected chi connectivity index (χ4v) is 4.75. The van der Waals surface area contributed by atoms with Crippen LogP contribution in [0.5, 0.6) is 0 Å². The first-order valence-corrected chi connectivity index (χ1v) is 9.53. The molecular formula is C20H28N4O. The molecule has 25 heavy (non-hydrogen) atoms. The standard InChI is InChI=1S/C20H28N4O/c1-4-23(5-2)20(25)21-24-13-14-12-18-15(9-7-11-22(18)3)16-8-6-10-17(24)19(14)16/h6,8,10,13,15,18H,4-5,7,9,11-12H2,1-3H3,(H,21,25)/t15-,18-/m1/s1. The van der Waals surface area contributed by atoms with Crippen LogP contribution in [0.3, 0.4) is 0 Å². The summed E-state index contributed by atoms with van der Waals surface area (Å²) in [5.41, 5.74) is 7.03. The van der Waals surface area contributed by atoms with Crippen LogP contribution in [-0.4, -0.2) is 53.2 Å². The lowest BCUT2D eigenvalue weighted by Crippen LogP contribution is -2.44. The topological polar surface area (TPSA) is 40.5 Å². The minimum Gasteiger partial charge on any atom is -0.324 e. The molecule has 0 saturated carbocycles. The highest BCUT2D eigenvalue weighted by atomic mass is 16.2. The number of nitrogens with zero attached hydrogens (tertiary/aromatic N) is 3. The van der Waals surface area contributed by atoms with Crippen LogP contribution in [0.4, 0.5) is 4.79 Å². The van der Waals surface area contributed by atoms with E-state index in [2.05, 4.69) is 41.8 Å². The second-order valence-electron chi connectivity index (χ2n) is 7.36. The number of fused-ring (bicyclic) bond motifs is 2. The third kappa shape index (κ3) is 2.61. The van der Waals surface area contributed by atoms with Crippen LogP contribution in [0.15, 0.2) is 24.4 Å². The zero-order chi connectivity index (χ0) is 17.6. The van der Waals surface area contributed by atoms with E-state index in [1.165, 1.54) is 35.9 Å². The van der Waals surface area contributed by atoms with E-state index >= 15 is 0 Å². The van der Waals surface area contributed by atoms with Gasteiger partial charge >= 0.3 is 6.03 Å². The highest BCUT2D eigenvalue weighted by Gasteiger charge is 2.36. The molecule has 1 aliphatic heterocycles. The Bertz CT molecular complexity index is 792. The Kier molecular flexibility index (Phi) is 4.20. The zero-order valence-electron chi connectivity index (χ0n) is 15.5. The van der Waals surface area contributed by atoms with Gasteiger partial charge in [0.15, 0.2) is 0 Å². The van der Waals surface area contributed by atoms with Crippen molar-refractivity contribution in [3.05, 3.63) is 35.5 Å². The average molecular weight is 340 g/mol. The molecule has 1 saturated heterocycles. The predicted octanol–water partition coefficient (Wildman–Crippen LogP) is 3.38. The van der Waals surface area contributed by atoms with Crippen molar-refractivity contribution in [2.75, 3.05) is 32.1 Å². The first kappa shape index (κ1) is 16.5. The van der Waals surface area contributed by atoms with Crippen molar-refractivity contribution in [3.63, 3.8) is 0 Å². The number of likely N-dealkylation sites (N-methyl/N-ethyl adjacent to an activating group) is 1. The number of nitrogens with one attached hydrogen (secondary N) is 1. The molecule has 1 aliphatic carbocycles. The second kappa shape index (κ2) is 6.37. The van der Waals surface area contributed by atoms with E-state index in [-0.39, 0.29) is 6.03 Å². The Hall–Kier alpha value is -2.01. The van der Waals surface area contributed by atoms with E-state index in [1.54, 1.807) is 0 Å². The number of aromatic nitrogens is 1. The van der Waals surface area contributed by atoms with E-state index in [0.29, 0.717) is 25.0 Å². The van der Waals surface area contributed by atoms with Gasteiger partial charge in [0, 0.05) is 36.6 Å². The van der Waals surface area contributed by atoms with Gasteiger partial charge in [-0.15, -0.1) is 0 Å². The summed E-state index contributed by atoms with van der Waals surface area (Å²) in [5.74, 6) is 0.615. The van der Waals surface area contributed by atoms with E-state index in [9.17, 15) is 4.79 Å². The Morgan fingerprint density at radius 3 is 2.88 bits per heavy atom. The molecule has 1 N–H and O–H groups in total. The molecule has 1 fully saturated rings. The number of likely N-dealkylation sites (tertiary alicyclic amines) is 1. The van der Waals surface area contributed by atoms with Crippen LogP contribution >= 0.6 is 0 Å². The minimum atomic E-state index is -0.0346. The van der Waals surface area contributed by atoms with Gasteiger partial charge in [0.05, 0.1) is 5.52 Å². The molecule has 4 rings (SSSR count). The minimum absolute atomic E-state index is 0.0346. The van der Waals surface area contributed by atoms with E-state index < -0.39 is 0 Å². The fourth-order valence-electron chi connectivity index (χ4n) is 4.75. The number of rotatable bonds is 3. The first-order chi connectivity index (χ1) is 12.1. The van der Waals surface area contributed by atoms with Crippen molar-refractivity contribution in [2.45, 2.75) is 45.1 Å². The summed E-state index contributed by atoms with van der Waals surface area (Å²) in [6.45, 7) is 6.64. The lowest BCUT2D eigenvalue weighted by Gasteiger charge is -2.42. The van der Waals surface area contributed by atoms with E-state index in [1.807, 2.05) is 23.4 Å². The third-order valence-corrected chi connectivity index (χ3v) is 6.09. The second-order valence-corrected chi connectivity index (χ2v) is 7.36. The molecule has 2 heterocycles. The number of carbonyl (C=O) groups excluding carboxylic acids is 1. The number of urea groups is 1. The molecule has 5 heteroatoms. The van der Waals surface area contributed by atoms with Gasteiger partial charge in [0.25, 0.3) is 0 Å². The highest BCUT2D eigenvalue weighted by molar-refractivity contribution is 5.92. The molecule has 2 aromatic rings. The summed E-state index contributed by atoms with van der Waals surface area (Å²) in [6, 6.07) is 7.10. The SMILES string of the molecule is CCN(CC)C(=O)Nn1cc2c3c(cccc31)[C@H]1CCCN(C)[C@@H]1C2. The van der Waals surface area contributed by atoms with Crippen LogP contribution in [-0.2, 0) is 6.42 Å². The third-order valence-electron chi connectivity index (χ3n) is 6.09. The Morgan fingerprint density at radius 1 is 1.32 bits per heavy atom. The largest absolute Gasteiger partial charge is 0.336 e. The van der Waals surface area contributed by atoms with Crippen molar-refractivity contribution in [2.24, 2.45) is 0 Å². The van der Waals surface area contributed by atoms with Gasteiger partial charge in [-0.05, 0) is 63.9 Å². The predicted molar refractivity (Wildman–Crippen MR) is 102 cm³/mol. The number of benzene rings is 1. The monoisotopic (exact) mass is 340 g/mol. The van der Waals surface area contributed by atoms with Crippen molar-refractivity contribution in [1.82, 2.24) is 14.5 Å². The van der Waals surface area contributed by atoms with Crippen molar-refractivity contribution in [3.8, 4) is 0 Å². The van der Waals surface area contributed by atoms with E-state index in [0.717, 1.165) is 11.9 Å². The van der Waals surface area contributed by atoms with Gasteiger partial charge in [-0.25, -0.2) is 10.2 Å². The molecule has 134 valence electrons. The molecule has 5 nitrogen and oxygen atoms in total. The normalized spacial score (nSPS) is 22.7. The van der Waals surface area contributed by atoms with Gasteiger partial charge in [0.1, 0.15) is 0 Å². The van der Waals surface area contributed by atoms with Crippen molar-refractivity contribution >= 4 is 16.9 Å². The van der Waals surface area contributed by atoms with Gasteiger partial charge in [-0.2, -0.15) is 0 Å². The van der Waals surface area contributed by atoms with Gasteiger partial charge in [0.2, 0.25) is 0 Å². The lowest BCUT2D eigenvalue weighted by molar-refractivity contribution is 0.157. The van der Waals surface area contributed by atoms with Crippen molar-refractivity contribution < 1.29 is 4.79 Å². The van der Waals surface area contributed by atoms with Crippen molar-refractivity contribution in [1.29, 1.82) is 0 Å². The van der Waals surface area contributed by atoms with Crippen LogP contribution in [0.25, 0.3) is 10.9 Å². The molecule has 0 bridgehead atoms. The molecule has 0 unspecified atom stereocenters. The Labute approximate surface area is 149 Å². The number of hydrogen-bond acceptors (Lipinski definition) is 2. The van der Waals surface area contributed by atoms with Gasteiger partial charge in [-0.3, -0.25) is 4.68 Å². The summed E-state index contributed by atoms with van der Waals surface area (Å²) in [6.07, 6.45) is 5.74. The number of amides is 2. The quantitative estimate of drug-likeness (QED) is 0.930. The summed E-state index contributed by atoms with van der Waals surface area (Å²) >= 11 is 0. The molecule has 2 amide bonds. The van der Waals surface area contributed by atoms with Gasteiger partial charge in [-0.1, -0.05) is 12.1 Å². The molecule has 0 spiro atoms. The molecule has 1 aromatic heterocycles. The first-order valence-electron chi connectivity index (χ1n) is 9.53. The van der Waals surface area contributed by atoms with Gasteiger partial charge < -0.3 is 9.80 Å². The smallest absolute Gasteiger partial charge is 0.324 e. The van der Waals surface area contributed by atoms with Crippen LogP contribution < -0.4 is 5.43 Å². The summed E-state index contributed by atoms with van der Waals surface area (Å²) < 4.78 is 1.94. The van der Waals surface area contributed by atoms with E-state index in [4.69, 9.17) is 0 Å². The number of carbonyl (C=O) groups is 1. The fraction of sp³-hybridized carbons (Fsp3) is 0.550. The molecular weight excluding hydrogens is 312 g/mol. The maximum atomic E-state index is 12.5. The van der Waals surface area contributed by atoms with Crippen LogP contribution in [0, 0.1) is 0 Å². The zero-order valence-corrected chi connectivity index (χ0v) is 15.5.